The van der Waals surface area contributed by atoms with Crippen molar-refractivity contribution in [2.45, 2.75) is 25.7 Å². The summed E-state index contributed by atoms with van der Waals surface area (Å²) in [6, 6.07) is 11.5. The van der Waals surface area contributed by atoms with Crippen LogP contribution in [-0.2, 0) is 0 Å². The molecule has 2 aromatic heterocycles. The summed E-state index contributed by atoms with van der Waals surface area (Å²) in [5, 5.41) is 16.1. The third-order valence-corrected chi connectivity index (χ3v) is 5.80. The molecule has 1 aliphatic rings. The van der Waals surface area contributed by atoms with E-state index in [9.17, 15) is 4.79 Å². The van der Waals surface area contributed by atoms with E-state index < -0.39 is 0 Å². The molecule has 0 saturated carbocycles. The number of benzene rings is 1. The van der Waals surface area contributed by atoms with E-state index in [1.165, 1.54) is 43.7 Å². The van der Waals surface area contributed by atoms with Gasteiger partial charge < -0.3 is 20.0 Å². The van der Waals surface area contributed by atoms with Crippen molar-refractivity contribution in [3.05, 3.63) is 46.7 Å². The SMILES string of the molecule is Cl.O=C(Nc1ccc(-c2nnc(NCCCN3CCCCC3)o2)cc1)c1cccs1. The Hall–Kier alpha value is -2.42. The lowest BCUT2D eigenvalue weighted by molar-refractivity contribution is 0.103. The van der Waals surface area contributed by atoms with Crippen LogP contribution in [0.15, 0.2) is 46.2 Å². The quantitative estimate of drug-likeness (QED) is 0.484. The van der Waals surface area contributed by atoms with Crippen LogP contribution in [-0.4, -0.2) is 47.2 Å². The Morgan fingerprint density at radius 1 is 1.10 bits per heavy atom. The second kappa shape index (κ2) is 11.1. The minimum Gasteiger partial charge on any atom is -0.403 e. The van der Waals surface area contributed by atoms with Gasteiger partial charge in [-0.25, -0.2) is 0 Å². The van der Waals surface area contributed by atoms with Crippen molar-refractivity contribution in [3.63, 3.8) is 0 Å². The third-order valence-electron chi connectivity index (χ3n) is 4.94. The number of nitrogens with one attached hydrogen (secondary N) is 2. The first-order chi connectivity index (χ1) is 14.3. The van der Waals surface area contributed by atoms with Gasteiger partial charge in [0, 0.05) is 17.8 Å². The zero-order valence-corrected chi connectivity index (χ0v) is 18.3. The van der Waals surface area contributed by atoms with Crippen molar-refractivity contribution in [2.75, 3.05) is 36.8 Å². The van der Waals surface area contributed by atoms with Crippen LogP contribution in [0.25, 0.3) is 11.5 Å². The fourth-order valence-electron chi connectivity index (χ4n) is 3.39. The fourth-order valence-corrected chi connectivity index (χ4v) is 4.01. The van der Waals surface area contributed by atoms with E-state index >= 15 is 0 Å². The topological polar surface area (TPSA) is 83.3 Å². The fraction of sp³-hybridized carbons (Fsp3) is 0.381. The average Bonchev–Trinajstić information content (AvgIpc) is 3.45. The maximum Gasteiger partial charge on any atom is 0.315 e. The molecular weight excluding hydrogens is 422 g/mol. The van der Waals surface area contributed by atoms with Gasteiger partial charge in [-0.05, 0) is 74.6 Å². The molecule has 9 heteroatoms. The van der Waals surface area contributed by atoms with Gasteiger partial charge in [-0.3, -0.25) is 4.79 Å². The summed E-state index contributed by atoms with van der Waals surface area (Å²) in [5.41, 5.74) is 1.54. The van der Waals surface area contributed by atoms with Crippen LogP contribution >= 0.6 is 23.7 Å². The van der Waals surface area contributed by atoms with Gasteiger partial charge in [0.25, 0.3) is 5.91 Å². The van der Waals surface area contributed by atoms with Gasteiger partial charge >= 0.3 is 6.01 Å². The number of amides is 1. The number of hydrogen-bond donors (Lipinski definition) is 2. The lowest BCUT2D eigenvalue weighted by atomic mass is 10.1. The number of carbonyl (C=O) groups excluding carboxylic acids is 1. The Morgan fingerprint density at radius 3 is 2.63 bits per heavy atom. The molecule has 1 amide bonds. The van der Waals surface area contributed by atoms with Crippen LogP contribution in [0, 0.1) is 0 Å². The van der Waals surface area contributed by atoms with E-state index in [0.29, 0.717) is 16.8 Å². The number of rotatable bonds is 8. The largest absolute Gasteiger partial charge is 0.403 e. The molecule has 160 valence electrons. The van der Waals surface area contributed by atoms with Gasteiger partial charge in [0.05, 0.1) is 4.88 Å². The highest BCUT2D eigenvalue weighted by molar-refractivity contribution is 7.12. The molecule has 0 radical (unpaired) electrons. The highest BCUT2D eigenvalue weighted by atomic mass is 35.5. The number of hydrogen-bond acceptors (Lipinski definition) is 7. The molecule has 30 heavy (non-hydrogen) atoms. The summed E-state index contributed by atoms with van der Waals surface area (Å²) >= 11 is 1.41. The lowest BCUT2D eigenvalue weighted by Gasteiger charge is -2.26. The zero-order valence-electron chi connectivity index (χ0n) is 16.7. The van der Waals surface area contributed by atoms with Crippen molar-refractivity contribution in [1.82, 2.24) is 15.1 Å². The molecule has 7 nitrogen and oxygen atoms in total. The van der Waals surface area contributed by atoms with Crippen LogP contribution in [0.1, 0.15) is 35.4 Å². The molecule has 0 unspecified atom stereocenters. The molecule has 1 aromatic carbocycles. The Bertz CT molecular complexity index is 908. The van der Waals surface area contributed by atoms with Crippen LogP contribution in [0.2, 0.25) is 0 Å². The summed E-state index contributed by atoms with van der Waals surface area (Å²) < 4.78 is 5.71. The molecule has 1 aliphatic heterocycles. The maximum absolute atomic E-state index is 12.1. The number of aromatic nitrogens is 2. The van der Waals surface area contributed by atoms with Crippen molar-refractivity contribution in [1.29, 1.82) is 0 Å². The van der Waals surface area contributed by atoms with Gasteiger partial charge in [-0.15, -0.1) is 28.8 Å². The summed E-state index contributed by atoms with van der Waals surface area (Å²) in [5.74, 6) is 0.348. The number of nitrogens with zero attached hydrogens (tertiary/aromatic N) is 3. The van der Waals surface area contributed by atoms with Gasteiger partial charge in [0.1, 0.15) is 0 Å². The summed E-state index contributed by atoms with van der Waals surface area (Å²) in [6.07, 6.45) is 5.05. The molecule has 3 aromatic rings. The molecular formula is C21H26ClN5O2S. The number of piperidine rings is 1. The van der Waals surface area contributed by atoms with Crippen molar-refractivity contribution < 1.29 is 9.21 Å². The molecule has 0 atom stereocenters. The Labute approximate surface area is 186 Å². The molecule has 4 rings (SSSR count). The van der Waals surface area contributed by atoms with Gasteiger partial charge in [0.15, 0.2) is 0 Å². The highest BCUT2D eigenvalue weighted by Gasteiger charge is 2.11. The van der Waals surface area contributed by atoms with E-state index in [1.807, 2.05) is 35.7 Å². The molecule has 1 saturated heterocycles. The maximum atomic E-state index is 12.1. The Balaban J connectivity index is 0.00000256. The first kappa shape index (κ1) is 22.3. The van der Waals surface area contributed by atoms with E-state index in [2.05, 4.69) is 25.7 Å². The number of likely N-dealkylation sites (tertiary alicyclic amines) is 1. The van der Waals surface area contributed by atoms with Crippen LogP contribution < -0.4 is 10.6 Å². The number of halogens is 1. The minimum absolute atomic E-state index is 0. The number of anilines is 2. The number of carbonyl (C=O) groups is 1. The molecule has 2 N–H and O–H groups in total. The first-order valence-electron chi connectivity index (χ1n) is 10.0. The standard InChI is InChI=1S/C21H25N5O2S.ClH/c27-19(18-6-4-15-29-18)23-17-9-7-16(8-10-17)20-24-25-21(28-20)22-11-5-14-26-12-2-1-3-13-26;/h4,6-10,15H,1-3,5,11-14H2,(H,22,25)(H,23,27);1H. The number of thiophene rings is 1. The minimum atomic E-state index is -0.110. The van der Waals surface area contributed by atoms with Crippen molar-refractivity contribution in [3.8, 4) is 11.5 Å². The van der Waals surface area contributed by atoms with Gasteiger partial charge in [0.2, 0.25) is 5.89 Å². The summed E-state index contributed by atoms with van der Waals surface area (Å²) in [6.45, 7) is 4.35. The molecule has 0 aliphatic carbocycles. The van der Waals surface area contributed by atoms with Gasteiger partial charge in [-0.2, -0.15) is 0 Å². The monoisotopic (exact) mass is 447 g/mol. The summed E-state index contributed by atoms with van der Waals surface area (Å²) in [4.78, 5) is 15.3. The predicted molar refractivity (Wildman–Crippen MR) is 123 cm³/mol. The normalized spacial score (nSPS) is 14.1. The highest BCUT2D eigenvalue weighted by Crippen LogP contribution is 2.22. The van der Waals surface area contributed by atoms with E-state index in [0.717, 1.165) is 30.8 Å². The Kier molecular flexibility index (Phi) is 8.24. The molecule has 3 heterocycles. The Morgan fingerprint density at radius 2 is 1.90 bits per heavy atom. The third kappa shape index (κ3) is 6.04. The smallest absolute Gasteiger partial charge is 0.315 e. The van der Waals surface area contributed by atoms with Crippen LogP contribution in [0.5, 0.6) is 0 Å². The average molecular weight is 448 g/mol. The first-order valence-corrected chi connectivity index (χ1v) is 10.9. The zero-order chi connectivity index (χ0) is 19.9. The summed E-state index contributed by atoms with van der Waals surface area (Å²) in [7, 11) is 0. The molecule has 0 bridgehead atoms. The van der Waals surface area contributed by atoms with E-state index in [1.54, 1.807) is 6.07 Å². The molecule has 1 fully saturated rings. The van der Waals surface area contributed by atoms with Crippen LogP contribution in [0.3, 0.4) is 0 Å². The van der Waals surface area contributed by atoms with E-state index in [-0.39, 0.29) is 18.3 Å². The van der Waals surface area contributed by atoms with Gasteiger partial charge in [-0.1, -0.05) is 17.6 Å². The van der Waals surface area contributed by atoms with Crippen molar-refractivity contribution in [2.24, 2.45) is 0 Å². The van der Waals surface area contributed by atoms with Crippen LogP contribution in [0.4, 0.5) is 11.7 Å². The second-order valence-corrected chi connectivity index (χ2v) is 8.05. The second-order valence-electron chi connectivity index (χ2n) is 7.10. The predicted octanol–water partition coefficient (Wildman–Crippen LogP) is 4.76. The van der Waals surface area contributed by atoms with E-state index in [4.69, 9.17) is 4.42 Å². The molecule has 0 spiro atoms. The van der Waals surface area contributed by atoms with Crippen molar-refractivity contribution >= 4 is 41.4 Å². The lowest BCUT2D eigenvalue weighted by Crippen LogP contribution is -2.31.